The van der Waals surface area contributed by atoms with Gasteiger partial charge < -0.3 is 9.47 Å². The van der Waals surface area contributed by atoms with Crippen molar-refractivity contribution in [2.75, 3.05) is 13.7 Å². The molecule has 2 fully saturated rings. The van der Waals surface area contributed by atoms with Gasteiger partial charge in [-0.25, -0.2) is 0 Å². The minimum atomic E-state index is -0.0455. The highest BCUT2D eigenvalue weighted by Crippen LogP contribution is 2.59. The van der Waals surface area contributed by atoms with Crippen molar-refractivity contribution in [3.63, 3.8) is 0 Å². The fraction of sp³-hybridized carbons (Fsp3) is 0.417. The Bertz CT molecular complexity index is 413. The number of ether oxygens (including phenoxy) is 2. The summed E-state index contributed by atoms with van der Waals surface area (Å²) in [5.74, 6) is 1.62. The van der Waals surface area contributed by atoms with E-state index in [1.54, 1.807) is 7.11 Å². The van der Waals surface area contributed by atoms with Crippen LogP contribution in [0, 0.1) is 11.8 Å². The smallest absolute Gasteiger partial charge is 0.310 e. The topological polar surface area (TPSA) is 35.5 Å². The molecule has 0 radical (unpaired) electrons. The third kappa shape index (κ3) is 1.16. The van der Waals surface area contributed by atoms with E-state index in [4.69, 9.17) is 9.47 Å². The Morgan fingerprint density at radius 3 is 2.80 bits per heavy atom. The minimum absolute atomic E-state index is 0.0455. The number of cyclic esters (lactones) is 1. The average Bonchev–Trinajstić information content (AvgIpc) is 2.89. The second kappa shape index (κ2) is 2.99. The number of para-hydroxylation sites is 1. The highest BCUT2D eigenvalue weighted by atomic mass is 16.5. The number of methoxy groups -OCH3 is 1. The van der Waals surface area contributed by atoms with E-state index in [-0.39, 0.29) is 11.9 Å². The second-order valence-corrected chi connectivity index (χ2v) is 4.09. The Labute approximate surface area is 88.0 Å². The number of esters is 1. The molecule has 0 N–H and O–H groups in total. The van der Waals surface area contributed by atoms with Crippen molar-refractivity contribution in [3.8, 4) is 5.75 Å². The summed E-state index contributed by atoms with van der Waals surface area (Å²) in [6.45, 7) is 0.576. The van der Waals surface area contributed by atoms with Crippen molar-refractivity contribution < 1.29 is 14.3 Å². The number of hydrogen-bond donors (Lipinski definition) is 0. The predicted molar refractivity (Wildman–Crippen MR) is 53.7 cm³/mol. The van der Waals surface area contributed by atoms with E-state index in [1.165, 1.54) is 0 Å². The summed E-state index contributed by atoms with van der Waals surface area (Å²) in [4.78, 5) is 11.3. The molecular weight excluding hydrogens is 192 g/mol. The lowest BCUT2D eigenvalue weighted by Crippen LogP contribution is -2.05. The van der Waals surface area contributed by atoms with Crippen LogP contribution in [0.5, 0.6) is 5.75 Å². The molecule has 3 atom stereocenters. The summed E-state index contributed by atoms with van der Waals surface area (Å²) < 4.78 is 10.3. The molecule has 3 heteroatoms. The summed E-state index contributed by atoms with van der Waals surface area (Å²) in [7, 11) is 1.66. The fourth-order valence-corrected chi connectivity index (χ4v) is 2.54. The van der Waals surface area contributed by atoms with Crippen molar-refractivity contribution >= 4 is 5.97 Å². The maximum atomic E-state index is 11.3. The lowest BCUT2D eigenvalue weighted by Gasteiger charge is -2.09. The molecule has 1 saturated heterocycles. The van der Waals surface area contributed by atoms with Crippen LogP contribution in [0.1, 0.15) is 11.5 Å². The molecule has 2 aliphatic rings. The Morgan fingerprint density at radius 1 is 1.33 bits per heavy atom. The molecule has 3 nitrogen and oxygen atoms in total. The molecule has 1 aromatic carbocycles. The van der Waals surface area contributed by atoms with Gasteiger partial charge in [0.2, 0.25) is 0 Å². The van der Waals surface area contributed by atoms with E-state index in [1.807, 2.05) is 24.3 Å². The van der Waals surface area contributed by atoms with Gasteiger partial charge in [0, 0.05) is 11.8 Å². The van der Waals surface area contributed by atoms with Crippen molar-refractivity contribution in [2.45, 2.75) is 5.92 Å². The molecule has 0 aromatic heterocycles. The molecule has 1 heterocycles. The molecule has 0 bridgehead atoms. The largest absolute Gasteiger partial charge is 0.496 e. The van der Waals surface area contributed by atoms with Gasteiger partial charge in [0.05, 0.1) is 19.6 Å². The van der Waals surface area contributed by atoms with E-state index >= 15 is 0 Å². The fourth-order valence-electron chi connectivity index (χ4n) is 2.54. The maximum absolute atomic E-state index is 11.3. The van der Waals surface area contributed by atoms with E-state index in [2.05, 4.69) is 0 Å². The minimum Gasteiger partial charge on any atom is -0.496 e. The summed E-state index contributed by atoms with van der Waals surface area (Å²) in [6.07, 6.45) is 0. The van der Waals surface area contributed by atoms with E-state index in [9.17, 15) is 4.79 Å². The Balaban J connectivity index is 1.92. The Kier molecular flexibility index (Phi) is 1.75. The summed E-state index contributed by atoms with van der Waals surface area (Å²) in [6, 6.07) is 7.90. The van der Waals surface area contributed by atoms with Crippen LogP contribution in [0.15, 0.2) is 24.3 Å². The second-order valence-electron chi connectivity index (χ2n) is 4.09. The van der Waals surface area contributed by atoms with Crippen molar-refractivity contribution in [1.82, 2.24) is 0 Å². The van der Waals surface area contributed by atoms with E-state index < -0.39 is 0 Å². The van der Waals surface area contributed by atoms with Gasteiger partial charge in [-0.15, -0.1) is 0 Å². The monoisotopic (exact) mass is 204 g/mol. The number of fused-ring (bicyclic) bond motifs is 1. The summed E-state index contributed by atoms with van der Waals surface area (Å²) in [5.41, 5.74) is 1.15. The third-order valence-electron chi connectivity index (χ3n) is 3.36. The number of benzene rings is 1. The first-order chi connectivity index (χ1) is 7.33. The number of carbonyl (C=O) groups excluding carboxylic acids is 1. The summed E-state index contributed by atoms with van der Waals surface area (Å²) in [5, 5.41) is 0. The molecule has 15 heavy (non-hydrogen) atoms. The molecule has 1 aliphatic heterocycles. The van der Waals surface area contributed by atoms with Gasteiger partial charge in [-0.2, -0.15) is 0 Å². The van der Waals surface area contributed by atoms with Crippen LogP contribution >= 0.6 is 0 Å². The molecule has 1 saturated carbocycles. The van der Waals surface area contributed by atoms with Crippen LogP contribution in [-0.4, -0.2) is 19.7 Å². The summed E-state index contributed by atoms with van der Waals surface area (Å²) >= 11 is 0. The first-order valence-corrected chi connectivity index (χ1v) is 5.12. The van der Waals surface area contributed by atoms with Crippen LogP contribution in [0.3, 0.4) is 0 Å². The Hall–Kier alpha value is -1.51. The quantitative estimate of drug-likeness (QED) is 0.686. The van der Waals surface area contributed by atoms with E-state index in [0.717, 1.165) is 11.3 Å². The van der Waals surface area contributed by atoms with Crippen molar-refractivity contribution in [3.05, 3.63) is 29.8 Å². The number of rotatable bonds is 2. The standard InChI is InChI=1S/C12H12O3/c1-14-9-5-3-2-4-7(9)10-8-6-15-12(13)11(8)10/h2-5,8,10-11H,6H2,1H3/t8-,10-,11-/m0/s1. The predicted octanol–water partition coefficient (Wildman–Crippen LogP) is 1.58. The van der Waals surface area contributed by atoms with Crippen LogP contribution in [0.2, 0.25) is 0 Å². The van der Waals surface area contributed by atoms with Gasteiger partial charge in [-0.05, 0) is 11.6 Å². The maximum Gasteiger partial charge on any atom is 0.310 e. The van der Waals surface area contributed by atoms with Crippen LogP contribution in [0.25, 0.3) is 0 Å². The number of hydrogen-bond acceptors (Lipinski definition) is 3. The zero-order valence-electron chi connectivity index (χ0n) is 8.47. The SMILES string of the molecule is COc1ccccc1[C@H]1[C@@H]2COC(=O)[C@@H]21. The molecule has 78 valence electrons. The first-order valence-electron chi connectivity index (χ1n) is 5.12. The molecule has 0 unspecified atom stereocenters. The highest BCUT2D eigenvalue weighted by Gasteiger charge is 2.61. The van der Waals surface area contributed by atoms with Gasteiger partial charge >= 0.3 is 5.97 Å². The lowest BCUT2D eigenvalue weighted by molar-refractivity contribution is -0.141. The van der Waals surface area contributed by atoms with Crippen LogP contribution < -0.4 is 4.74 Å². The zero-order chi connectivity index (χ0) is 10.4. The molecule has 0 spiro atoms. The molecule has 3 rings (SSSR count). The van der Waals surface area contributed by atoms with Gasteiger partial charge in [0.25, 0.3) is 0 Å². The first kappa shape index (κ1) is 8.77. The molecular formula is C12H12O3. The van der Waals surface area contributed by atoms with Gasteiger partial charge in [0.1, 0.15) is 5.75 Å². The molecule has 1 aliphatic carbocycles. The lowest BCUT2D eigenvalue weighted by atomic mass is 10.1. The zero-order valence-corrected chi connectivity index (χ0v) is 8.47. The van der Waals surface area contributed by atoms with Crippen molar-refractivity contribution in [1.29, 1.82) is 0 Å². The van der Waals surface area contributed by atoms with Gasteiger partial charge in [0.15, 0.2) is 0 Å². The van der Waals surface area contributed by atoms with Gasteiger partial charge in [-0.1, -0.05) is 18.2 Å². The third-order valence-corrected chi connectivity index (χ3v) is 3.36. The normalized spacial score (nSPS) is 32.1. The molecule has 1 aromatic rings. The van der Waals surface area contributed by atoms with Crippen LogP contribution in [-0.2, 0) is 9.53 Å². The molecule has 0 amide bonds. The van der Waals surface area contributed by atoms with E-state index in [0.29, 0.717) is 18.4 Å². The van der Waals surface area contributed by atoms with Crippen LogP contribution in [0.4, 0.5) is 0 Å². The van der Waals surface area contributed by atoms with Gasteiger partial charge in [-0.3, -0.25) is 4.79 Å². The Morgan fingerprint density at radius 2 is 2.13 bits per heavy atom. The average molecular weight is 204 g/mol. The highest BCUT2D eigenvalue weighted by molar-refractivity contribution is 5.81. The number of carbonyl (C=O) groups is 1. The van der Waals surface area contributed by atoms with Crippen molar-refractivity contribution in [2.24, 2.45) is 11.8 Å².